The molecule has 0 aliphatic rings. The molecule has 5 nitrogen and oxygen atoms in total. The Hall–Kier alpha value is -2.60. The number of rotatable bonds is 6. The topological polar surface area (TPSA) is 57.0 Å². The van der Waals surface area contributed by atoms with Crippen LogP contribution in [0.3, 0.4) is 0 Å². The first-order valence-corrected chi connectivity index (χ1v) is 8.45. The van der Waals surface area contributed by atoms with Gasteiger partial charge in [-0.05, 0) is 31.2 Å². The zero-order valence-corrected chi connectivity index (χ0v) is 14.3. The highest BCUT2D eigenvalue weighted by Gasteiger charge is 2.16. The minimum Gasteiger partial charge on any atom is -0.497 e. The fraction of sp³-hybridized carbons (Fsp3) is 0.167. The van der Waals surface area contributed by atoms with Crippen molar-refractivity contribution in [2.24, 2.45) is 0 Å². The summed E-state index contributed by atoms with van der Waals surface area (Å²) in [7, 11) is 1.63. The van der Waals surface area contributed by atoms with Crippen molar-refractivity contribution in [2.45, 2.75) is 12.1 Å². The number of carbonyl (C=O) groups excluding carboxylic acids is 1. The summed E-state index contributed by atoms with van der Waals surface area (Å²) in [5, 5.41) is 9.31. The summed E-state index contributed by atoms with van der Waals surface area (Å²) in [5.41, 5.74) is 1.85. The number of ketones is 1. The van der Waals surface area contributed by atoms with Crippen molar-refractivity contribution < 1.29 is 9.53 Å². The van der Waals surface area contributed by atoms with Crippen LogP contribution in [0, 0.1) is 0 Å². The number of nitrogens with zero attached hydrogens (tertiary/aromatic N) is 3. The molecule has 0 atom stereocenters. The Bertz CT molecular complexity index is 846. The second-order valence-corrected chi connectivity index (χ2v) is 6.14. The molecule has 2 aromatic carbocycles. The van der Waals surface area contributed by atoms with E-state index in [1.54, 1.807) is 14.0 Å². The zero-order chi connectivity index (χ0) is 16.9. The normalized spacial score (nSPS) is 10.6. The van der Waals surface area contributed by atoms with E-state index < -0.39 is 0 Å². The number of aromatic nitrogens is 3. The van der Waals surface area contributed by atoms with Crippen LogP contribution in [-0.2, 0) is 4.79 Å². The summed E-state index contributed by atoms with van der Waals surface area (Å²) in [4.78, 5) is 11.3. The maximum atomic E-state index is 11.3. The van der Waals surface area contributed by atoms with Crippen LogP contribution in [0.5, 0.6) is 5.75 Å². The Morgan fingerprint density at radius 1 is 1.12 bits per heavy atom. The molecule has 0 N–H and O–H groups in total. The summed E-state index contributed by atoms with van der Waals surface area (Å²) in [6, 6.07) is 17.6. The molecule has 0 amide bonds. The van der Waals surface area contributed by atoms with Crippen LogP contribution >= 0.6 is 11.8 Å². The molecular formula is C18H17N3O2S. The minimum absolute atomic E-state index is 0.102. The Morgan fingerprint density at radius 3 is 2.62 bits per heavy atom. The van der Waals surface area contributed by atoms with Gasteiger partial charge in [0.25, 0.3) is 0 Å². The number of thioether (sulfide) groups is 1. The molecule has 3 aromatic rings. The monoisotopic (exact) mass is 339 g/mol. The first-order valence-electron chi connectivity index (χ1n) is 7.46. The quantitative estimate of drug-likeness (QED) is 0.642. The predicted molar refractivity (Wildman–Crippen MR) is 94.8 cm³/mol. The van der Waals surface area contributed by atoms with Crippen molar-refractivity contribution in [3.8, 4) is 22.8 Å². The second-order valence-electron chi connectivity index (χ2n) is 5.20. The van der Waals surface area contributed by atoms with E-state index in [9.17, 15) is 4.79 Å². The largest absolute Gasteiger partial charge is 0.497 e. The van der Waals surface area contributed by atoms with Crippen molar-refractivity contribution in [3.63, 3.8) is 0 Å². The highest BCUT2D eigenvalue weighted by atomic mass is 32.2. The smallest absolute Gasteiger partial charge is 0.196 e. The van der Waals surface area contributed by atoms with Crippen LogP contribution in [0.4, 0.5) is 0 Å². The van der Waals surface area contributed by atoms with Gasteiger partial charge in [0.2, 0.25) is 0 Å². The van der Waals surface area contributed by atoms with Gasteiger partial charge in [-0.2, -0.15) is 0 Å². The van der Waals surface area contributed by atoms with E-state index >= 15 is 0 Å². The van der Waals surface area contributed by atoms with Gasteiger partial charge in [-0.25, -0.2) is 0 Å². The standard InChI is InChI=1S/C18H17N3O2S/c1-13(22)12-24-18-20-19-17(14-7-6-10-16(11-14)23-2)21(18)15-8-4-3-5-9-15/h3-11H,12H2,1-2H3. The number of ether oxygens (including phenoxy) is 1. The van der Waals surface area contributed by atoms with Gasteiger partial charge in [0.1, 0.15) is 11.5 Å². The van der Waals surface area contributed by atoms with Gasteiger partial charge in [-0.1, -0.05) is 42.1 Å². The van der Waals surface area contributed by atoms with Crippen molar-refractivity contribution in [1.29, 1.82) is 0 Å². The van der Waals surface area contributed by atoms with Gasteiger partial charge < -0.3 is 4.74 Å². The number of para-hydroxylation sites is 1. The third-order valence-electron chi connectivity index (χ3n) is 3.38. The molecular weight excluding hydrogens is 322 g/mol. The predicted octanol–water partition coefficient (Wildman–Crippen LogP) is 3.62. The van der Waals surface area contributed by atoms with Gasteiger partial charge >= 0.3 is 0 Å². The Labute approximate surface area is 144 Å². The van der Waals surface area contributed by atoms with Gasteiger partial charge in [0.05, 0.1) is 12.9 Å². The molecule has 0 fully saturated rings. The summed E-state index contributed by atoms with van der Waals surface area (Å²) >= 11 is 1.38. The first kappa shape index (κ1) is 16.3. The Morgan fingerprint density at radius 2 is 1.92 bits per heavy atom. The van der Waals surface area contributed by atoms with Crippen LogP contribution in [0.15, 0.2) is 59.8 Å². The van der Waals surface area contributed by atoms with E-state index in [1.807, 2.05) is 59.2 Å². The lowest BCUT2D eigenvalue weighted by Crippen LogP contribution is -2.01. The summed E-state index contributed by atoms with van der Waals surface area (Å²) in [5.74, 6) is 1.94. The van der Waals surface area contributed by atoms with Crippen molar-refractivity contribution in [3.05, 3.63) is 54.6 Å². The number of Topliss-reactive ketones (excluding diaryl/α,β-unsaturated/α-hetero) is 1. The average molecular weight is 339 g/mol. The molecule has 0 aliphatic heterocycles. The van der Waals surface area contributed by atoms with Gasteiger partial charge in [0, 0.05) is 11.3 Å². The van der Waals surface area contributed by atoms with Crippen LogP contribution in [-0.4, -0.2) is 33.4 Å². The molecule has 122 valence electrons. The van der Waals surface area contributed by atoms with E-state index in [0.717, 1.165) is 17.0 Å². The molecule has 0 saturated carbocycles. The molecule has 0 spiro atoms. The number of hydrogen-bond donors (Lipinski definition) is 0. The van der Waals surface area contributed by atoms with Crippen molar-refractivity contribution >= 4 is 17.5 Å². The molecule has 1 heterocycles. The summed E-state index contributed by atoms with van der Waals surface area (Å²) in [6.07, 6.45) is 0. The third kappa shape index (κ3) is 3.49. The number of carbonyl (C=O) groups is 1. The van der Waals surface area contributed by atoms with E-state index in [-0.39, 0.29) is 5.78 Å². The third-order valence-corrected chi connectivity index (χ3v) is 4.45. The van der Waals surface area contributed by atoms with E-state index in [4.69, 9.17) is 4.74 Å². The van der Waals surface area contributed by atoms with E-state index in [2.05, 4.69) is 10.2 Å². The van der Waals surface area contributed by atoms with Gasteiger partial charge in [-0.3, -0.25) is 9.36 Å². The number of benzene rings is 2. The van der Waals surface area contributed by atoms with Crippen molar-refractivity contribution in [1.82, 2.24) is 14.8 Å². The highest BCUT2D eigenvalue weighted by molar-refractivity contribution is 7.99. The number of hydrogen-bond acceptors (Lipinski definition) is 5. The first-order chi connectivity index (χ1) is 11.7. The minimum atomic E-state index is 0.102. The van der Waals surface area contributed by atoms with Crippen LogP contribution < -0.4 is 4.74 Å². The lowest BCUT2D eigenvalue weighted by Gasteiger charge is -2.10. The number of methoxy groups -OCH3 is 1. The molecule has 6 heteroatoms. The SMILES string of the molecule is COc1cccc(-c2nnc(SCC(C)=O)n2-c2ccccc2)c1. The molecule has 0 unspecified atom stereocenters. The van der Waals surface area contributed by atoms with Crippen LogP contribution in [0.25, 0.3) is 17.1 Å². The van der Waals surface area contributed by atoms with Gasteiger partial charge in [0.15, 0.2) is 11.0 Å². The second kappa shape index (κ2) is 7.31. The van der Waals surface area contributed by atoms with Crippen LogP contribution in [0.1, 0.15) is 6.92 Å². The van der Waals surface area contributed by atoms with E-state index in [1.165, 1.54) is 11.8 Å². The highest BCUT2D eigenvalue weighted by Crippen LogP contribution is 2.29. The Kier molecular flexibility index (Phi) is 4.96. The molecule has 0 aliphatic carbocycles. The van der Waals surface area contributed by atoms with Gasteiger partial charge in [-0.15, -0.1) is 10.2 Å². The average Bonchev–Trinajstić information content (AvgIpc) is 3.04. The van der Waals surface area contributed by atoms with Crippen molar-refractivity contribution in [2.75, 3.05) is 12.9 Å². The molecule has 24 heavy (non-hydrogen) atoms. The summed E-state index contributed by atoms with van der Waals surface area (Å²) in [6.45, 7) is 1.57. The fourth-order valence-corrected chi connectivity index (χ4v) is 3.04. The lowest BCUT2D eigenvalue weighted by molar-refractivity contribution is -0.114. The molecule has 1 aromatic heterocycles. The van der Waals surface area contributed by atoms with E-state index in [0.29, 0.717) is 16.7 Å². The summed E-state index contributed by atoms with van der Waals surface area (Å²) < 4.78 is 7.26. The fourth-order valence-electron chi connectivity index (χ4n) is 2.29. The molecule has 0 bridgehead atoms. The maximum Gasteiger partial charge on any atom is 0.196 e. The zero-order valence-electron chi connectivity index (χ0n) is 13.5. The Balaban J connectivity index is 2.10. The van der Waals surface area contributed by atoms with Crippen LogP contribution in [0.2, 0.25) is 0 Å². The molecule has 0 saturated heterocycles. The molecule has 3 rings (SSSR count). The lowest BCUT2D eigenvalue weighted by atomic mass is 10.2. The molecule has 0 radical (unpaired) electrons. The maximum absolute atomic E-state index is 11.3.